The van der Waals surface area contributed by atoms with Crippen LogP contribution < -0.4 is 5.32 Å². The summed E-state index contributed by atoms with van der Waals surface area (Å²) in [5, 5.41) is 12.2. The first-order chi connectivity index (χ1) is 10.7. The van der Waals surface area contributed by atoms with E-state index in [9.17, 15) is 9.18 Å². The third kappa shape index (κ3) is 3.97. The molecule has 0 spiro atoms. The summed E-state index contributed by atoms with van der Waals surface area (Å²) >= 11 is 0. The highest BCUT2D eigenvalue weighted by Gasteiger charge is 2.35. The van der Waals surface area contributed by atoms with Gasteiger partial charge in [0.05, 0.1) is 12.6 Å². The first kappa shape index (κ1) is 15.3. The van der Waals surface area contributed by atoms with Crippen molar-refractivity contribution in [3.05, 3.63) is 35.6 Å². The summed E-state index contributed by atoms with van der Waals surface area (Å²) in [5.41, 5.74) is 0.952. The Morgan fingerprint density at radius 3 is 2.50 bits per heavy atom. The monoisotopic (exact) mass is 306 g/mol. The predicted octanol–water partition coefficient (Wildman–Crippen LogP) is 2.69. The van der Waals surface area contributed by atoms with Crippen molar-refractivity contribution in [3.63, 3.8) is 0 Å². The molecule has 0 saturated heterocycles. The molecule has 0 bridgehead atoms. The van der Waals surface area contributed by atoms with Gasteiger partial charge in [0.25, 0.3) is 0 Å². The van der Waals surface area contributed by atoms with E-state index in [1.54, 1.807) is 17.0 Å². The zero-order valence-corrected chi connectivity index (χ0v) is 12.7. The number of amides is 2. The third-order valence-corrected chi connectivity index (χ3v) is 4.43. The normalized spacial score (nSPS) is 18.8. The highest BCUT2D eigenvalue weighted by molar-refractivity contribution is 5.75. The van der Waals surface area contributed by atoms with Gasteiger partial charge in [0, 0.05) is 13.1 Å². The maximum atomic E-state index is 13.1. The van der Waals surface area contributed by atoms with Crippen LogP contribution >= 0.6 is 0 Å². The molecule has 2 fully saturated rings. The minimum absolute atomic E-state index is 0.0230. The lowest BCUT2D eigenvalue weighted by molar-refractivity contribution is 0.170. The third-order valence-electron chi connectivity index (χ3n) is 4.43. The molecule has 22 heavy (non-hydrogen) atoms. The largest absolute Gasteiger partial charge is 0.395 e. The molecule has 5 heteroatoms. The van der Waals surface area contributed by atoms with Crippen LogP contribution in [0.5, 0.6) is 0 Å². The molecule has 1 aromatic carbocycles. The van der Waals surface area contributed by atoms with Crippen LogP contribution in [0.2, 0.25) is 0 Å². The second-order valence-corrected chi connectivity index (χ2v) is 6.43. The maximum Gasteiger partial charge on any atom is 0.317 e. The molecule has 0 radical (unpaired) electrons. The van der Waals surface area contributed by atoms with Crippen molar-refractivity contribution in [2.75, 3.05) is 19.7 Å². The molecule has 4 nitrogen and oxygen atoms in total. The standard InChI is InChI=1S/C17H23FN2O2/c18-15-7-5-14(6-8-15)16(13-3-4-13)19-17(22)20(9-10-21)11-12-1-2-12/h5-8,12-13,16,21H,1-4,9-11H2,(H,19,22). The highest BCUT2D eigenvalue weighted by atomic mass is 19.1. The van der Waals surface area contributed by atoms with Crippen molar-refractivity contribution in [1.82, 2.24) is 10.2 Å². The van der Waals surface area contributed by atoms with E-state index in [1.165, 1.54) is 25.0 Å². The van der Waals surface area contributed by atoms with Crippen molar-refractivity contribution >= 4 is 6.03 Å². The van der Waals surface area contributed by atoms with Gasteiger partial charge >= 0.3 is 6.03 Å². The second kappa shape index (κ2) is 6.65. The zero-order valence-electron chi connectivity index (χ0n) is 12.7. The lowest BCUT2D eigenvalue weighted by atomic mass is 10.0. The summed E-state index contributed by atoms with van der Waals surface area (Å²) in [6, 6.07) is 6.18. The van der Waals surface area contributed by atoms with Crippen molar-refractivity contribution < 1.29 is 14.3 Å². The Labute approximate surface area is 130 Å². The van der Waals surface area contributed by atoms with Crippen LogP contribution in [-0.4, -0.2) is 35.7 Å². The van der Waals surface area contributed by atoms with Crippen LogP contribution in [0.3, 0.4) is 0 Å². The Hall–Kier alpha value is -1.62. The molecule has 1 atom stereocenters. The molecule has 0 aliphatic heterocycles. The van der Waals surface area contributed by atoms with Gasteiger partial charge in [0.15, 0.2) is 0 Å². The average Bonchev–Trinajstić information content (AvgIpc) is 3.38. The van der Waals surface area contributed by atoms with E-state index in [2.05, 4.69) is 5.32 Å². The number of carbonyl (C=O) groups excluding carboxylic acids is 1. The van der Waals surface area contributed by atoms with Crippen LogP contribution in [0.25, 0.3) is 0 Å². The lowest BCUT2D eigenvalue weighted by Crippen LogP contribution is -2.44. The van der Waals surface area contributed by atoms with Crippen LogP contribution in [0.15, 0.2) is 24.3 Å². The summed E-state index contributed by atoms with van der Waals surface area (Å²) in [6.07, 6.45) is 4.51. The number of aliphatic hydroxyl groups is 1. The fourth-order valence-corrected chi connectivity index (χ4v) is 2.81. The van der Waals surface area contributed by atoms with E-state index < -0.39 is 0 Å². The van der Waals surface area contributed by atoms with Gasteiger partial charge in [-0.1, -0.05) is 12.1 Å². The Balaban J connectivity index is 1.66. The second-order valence-electron chi connectivity index (χ2n) is 6.43. The number of aliphatic hydroxyl groups excluding tert-OH is 1. The number of benzene rings is 1. The molecule has 120 valence electrons. The number of halogens is 1. The predicted molar refractivity (Wildman–Crippen MR) is 81.8 cm³/mol. The lowest BCUT2D eigenvalue weighted by Gasteiger charge is -2.26. The number of nitrogens with one attached hydrogen (secondary N) is 1. The van der Waals surface area contributed by atoms with Crippen LogP contribution in [0.4, 0.5) is 9.18 Å². The topological polar surface area (TPSA) is 52.6 Å². The van der Waals surface area contributed by atoms with Gasteiger partial charge in [-0.15, -0.1) is 0 Å². The molecule has 1 unspecified atom stereocenters. The number of nitrogens with zero attached hydrogens (tertiary/aromatic N) is 1. The van der Waals surface area contributed by atoms with Gasteiger partial charge in [-0.3, -0.25) is 0 Å². The van der Waals surface area contributed by atoms with Gasteiger partial charge in [-0.25, -0.2) is 9.18 Å². The average molecular weight is 306 g/mol. The number of urea groups is 1. The molecule has 2 amide bonds. The fraction of sp³-hybridized carbons (Fsp3) is 0.588. The zero-order chi connectivity index (χ0) is 15.5. The van der Waals surface area contributed by atoms with Crippen LogP contribution in [-0.2, 0) is 0 Å². The van der Waals surface area contributed by atoms with Crippen LogP contribution in [0.1, 0.15) is 37.3 Å². The van der Waals surface area contributed by atoms with Crippen LogP contribution in [0, 0.1) is 17.7 Å². The van der Waals surface area contributed by atoms with Gasteiger partial charge < -0.3 is 15.3 Å². The first-order valence-corrected chi connectivity index (χ1v) is 8.09. The summed E-state index contributed by atoms with van der Waals surface area (Å²) in [5.74, 6) is 0.758. The van der Waals surface area contributed by atoms with E-state index in [0.717, 1.165) is 18.4 Å². The van der Waals surface area contributed by atoms with Gasteiger partial charge in [0.1, 0.15) is 5.82 Å². The molecule has 2 aliphatic carbocycles. The SMILES string of the molecule is O=C(NC(c1ccc(F)cc1)C1CC1)N(CCO)CC1CC1. The Kier molecular flexibility index (Phi) is 4.62. The van der Waals surface area contributed by atoms with E-state index in [4.69, 9.17) is 5.11 Å². The molecular weight excluding hydrogens is 283 g/mol. The fourth-order valence-electron chi connectivity index (χ4n) is 2.81. The molecular formula is C17H23FN2O2. The smallest absolute Gasteiger partial charge is 0.317 e. The Bertz CT molecular complexity index is 512. The number of rotatable bonds is 7. The van der Waals surface area contributed by atoms with Crippen molar-refractivity contribution in [3.8, 4) is 0 Å². The van der Waals surface area contributed by atoms with Crippen molar-refractivity contribution in [1.29, 1.82) is 0 Å². The van der Waals surface area contributed by atoms with E-state index in [-0.39, 0.29) is 24.5 Å². The maximum absolute atomic E-state index is 13.1. The highest BCUT2D eigenvalue weighted by Crippen LogP contribution is 2.41. The van der Waals surface area contributed by atoms with E-state index in [0.29, 0.717) is 24.9 Å². The molecule has 3 rings (SSSR count). The minimum atomic E-state index is -0.264. The number of carbonyl (C=O) groups is 1. The minimum Gasteiger partial charge on any atom is -0.395 e. The molecule has 2 aliphatic rings. The van der Waals surface area contributed by atoms with E-state index in [1.807, 2.05) is 0 Å². The van der Waals surface area contributed by atoms with Gasteiger partial charge in [-0.2, -0.15) is 0 Å². The number of hydrogen-bond donors (Lipinski definition) is 2. The first-order valence-electron chi connectivity index (χ1n) is 8.09. The van der Waals surface area contributed by atoms with Gasteiger partial charge in [-0.05, 0) is 55.2 Å². The summed E-state index contributed by atoms with van der Waals surface area (Å²) in [6.45, 7) is 1.06. The molecule has 2 saturated carbocycles. The van der Waals surface area contributed by atoms with E-state index >= 15 is 0 Å². The summed E-state index contributed by atoms with van der Waals surface area (Å²) in [7, 11) is 0. The van der Waals surface area contributed by atoms with Crippen molar-refractivity contribution in [2.24, 2.45) is 11.8 Å². The Morgan fingerprint density at radius 2 is 1.95 bits per heavy atom. The molecule has 0 aromatic heterocycles. The summed E-state index contributed by atoms with van der Waals surface area (Å²) < 4.78 is 13.1. The molecule has 0 heterocycles. The van der Waals surface area contributed by atoms with Crippen molar-refractivity contribution in [2.45, 2.75) is 31.7 Å². The summed E-state index contributed by atoms with van der Waals surface area (Å²) in [4.78, 5) is 14.2. The number of hydrogen-bond acceptors (Lipinski definition) is 2. The molecule has 1 aromatic rings. The van der Waals surface area contributed by atoms with Gasteiger partial charge in [0.2, 0.25) is 0 Å². The molecule has 2 N–H and O–H groups in total. The quantitative estimate of drug-likeness (QED) is 0.814. The Morgan fingerprint density at radius 1 is 1.27 bits per heavy atom.